The average Bonchev–Trinajstić information content (AvgIpc) is 3.27. The number of thioether (sulfide) groups is 1. The zero-order chi connectivity index (χ0) is 24.9. The molecule has 2 atom stereocenters. The van der Waals surface area contributed by atoms with Crippen molar-refractivity contribution < 1.29 is 19.0 Å². The normalized spacial score (nSPS) is 17.2. The fraction of sp³-hybridized carbons (Fsp3) is 0.333. The molecule has 3 heterocycles. The molecule has 3 aromatic rings. The molecule has 1 aliphatic heterocycles. The number of ether oxygens (including phenoxy) is 3. The summed E-state index contributed by atoms with van der Waals surface area (Å²) in [6.07, 6.45) is 4.98. The van der Waals surface area contributed by atoms with E-state index in [0.29, 0.717) is 46.6 Å². The van der Waals surface area contributed by atoms with Crippen molar-refractivity contribution in [3.63, 3.8) is 0 Å². The molecule has 7 nitrogen and oxygen atoms in total. The number of benzene rings is 1. The summed E-state index contributed by atoms with van der Waals surface area (Å²) in [5.74, 6) is 1.74. The van der Waals surface area contributed by atoms with Crippen LogP contribution in [0.3, 0.4) is 0 Å². The smallest absolute Gasteiger partial charge is 0.305 e. The topological polar surface area (TPSA) is 82.6 Å². The molecule has 1 N–H and O–H groups in total. The zero-order valence-electron chi connectivity index (χ0n) is 19.4. The molecule has 0 saturated heterocycles. The number of nitrogens with zero attached hydrogens (tertiary/aromatic N) is 2. The molecule has 0 saturated carbocycles. The number of hydrogen-bond donors (Lipinski definition) is 1. The van der Waals surface area contributed by atoms with Gasteiger partial charge in [-0.1, -0.05) is 36.0 Å². The number of thiocarbonyl (C=S) groups is 1. The summed E-state index contributed by atoms with van der Waals surface area (Å²) in [5, 5.41) is 4.56. The Kier molecular flexibility index (Phi) is 8.48. The van der Waals surface area contributed by atoms with Crippen molar-refractivity contribution in [3.8, 4) is 11.5 Å². The average molecular weight is 550 g/mol. The zero-order valence-corrected chi connectivity index (χ0v) is 22.6. The van der Waals surface area contributed by atoms with Crippen molar-refractivity contribution in [1.82, 2.24) is 9.97 Å². The predicted molar refractivity (Wildman–Crippen MR) is 144 cm³/mol. The number of carbonyl (C=O) groups excluding carboxylic acids is 1. The van der Waals surface area contributed by atoms with E-state index in [1.165, 1.54) is 7.11 Å². The van der Waals surface area contributed by atoms with E-state index in [9.17, 15) is 4.79 Å². The van der Waals surface area contributed by atoms with Gasteiger partial charge in [-0.2, -0.15) is 0 Å². The standard InChI is InChI=1S/C24H24ClN3O4S3/c1-30-17-6-4-5-15(21(17)32-3)22-16-9-13(25)11-27-23(16)28-24(33)18(35-22)10-19-26-12-14(34-19)7-8-20(29)31-2/h4-6,9,11-12,18,22H,7-8,10H2,1-3H3,(H,27,28,33). The number of pyridine rings is 1. The number of para-hydroxylation sites is 1. The van der Waals surface area contributed by atoms with E-state index < -0.39 is 0 Å². The molecule has 1 aromatic carbocycles. The van der Waals surface area contributed by atoms with Gasteiger partial charge in [0, 0.05) is 34.8 Å². The lowest BCUT2D eigenvalue weighted by Gasteiger charge is -2.23. The lowest BCUT2D eigenvalue weighted by Crippen LogP contribution is -2.24. The van der Waals surface area contributed by atoms with Gasteiger partial charge in [-0.3, -0.25) is 4.79 Å². The van der Waals surface area contributed by atoms with Crippen LogP contribution in [0.2, 0.25) is 5.02 Å². The highest BCUT2D eigenvalue weighted by Gasteiger charge is 2.33. The fourth-order valence-corrected chi connectivity index (χ4v) is 6.81. The Hall–Kier alpha value is -2.40. The minimum atomic E-state index is -0.233. The summed E-state index contributed by atoms with van der Waals surface area (Å²) in [4.78, 5) is 22.3. The van der Waals surface area contributed by atoms with E-state index >= 15 is 0 Å². The number of hydrogen-bond acceptors (Lipinski definition) is 9. The Morgan fingerprint density at radius 3 is 2.74 bits per heavy atom. The molecule has 2 aromatic heterocycles. The molecular formula is C24H24ClN3O4S3. The number of nitrogens with one attached hydrogen (secondary N) is 1. The number of thiazole rings is 1. The van der Waals surface area contributed by atoms with Crippen LogP contribution in [0.15, 0.2) is 36.7 Å². The summed E-state index contributed by atoms with van der Waals surface area (Å²) in [6, 6.07) is 7.73. The van der Waals surface area contributed by atoms with E-state index in [1.807, 2.05) is 30.5 Å². The first-order valence-corrected chi connectivity index (χ1v) is 13.3. The maximum absolute atomic E-state index is 11.5. The van der Waals surface area contributed by atoms with Crippen LogP contribution < -0.4 is 14.8 Å². The van der Waals surface area contributed by atoms with Gasteiger partial charge in [-0.25, -0.2) is 9.97 Å². The van der Waals surface area contributed by atoms with Gasteiger partial charge in [0.25, 0.3) is 0 Å². The molecule has 0 amide bonds. The molecule has 0 bridgehead atoms. The molecule has 1 aliphatic rings. The van der Waals surface area contributed by atoms with E-state index in [-0.39, 0.29) is 16.5 Å². The minimum absolute atomic E-state index is 0.0847. The number of halogens is 1. The van der Waals surface area contributed by atoms with Crippen LogP contribution in [0, 0.1) is 0 Å². The van der Waals surface area contributed by atoms with Crippen LogP contribution in [0.25, 0.3) is 0 Å². The molecule has 2 unspecified atom stereocenters. The van der Waals surface area contributed by atoms with Gasteiger partial charge in [0.1, 0.15) is 5.82 Å². The third-order valence-electron chi connectivity index (χ3n) is 5.48. The number of aromatic nitrogens is 2. The van der Waals surface area contributed by atoms with Crippen LogP contribution in [-0.4, -0.2) is 47.5 Å². The molecular weight excluding hydrogens is 526 g/mol. The Morgan fingerprint density at radius 1 is 1.17 bits per heavy atom. The van der Waals surface area contributed by atoms with Crippen LogP contribution in [0.1, 0.15) is 32.7 Å². The van der Waals surface area contributed by atoms with Crippen LogP contribution in [0.4, 0.5) is 5.82 Å². The van der Waals surface area contributed by atoms with Crippen LogP contribution >= 0.6 is 46.9 Å². The first kappa shape index (κ1) is 25.7. The molecule has 0 radical (unpaired) electrons. The number of fused-ring (bicyclic) bond motifs is 1. The van der Waals surface area contributed by atoms with Gasteiger partial charge < -0.3 is 19.5 Å². The summed E-state index contributed by atoms with van der Waals surface area (Å²) >= 11 is 15.4. The largest absolute Gasteiger partial charge is 0.493 e. The van der Waals surface area contributed by atoms with Crippen molar-refractivity contribution >= 4 is 63.7 Å². The monoisotopic (exact) mass is 549 g/mol. The number of carbonyl (C=O) groups is 1. The maximum atomic E-state index is 11.5. The highest BCUT2D eigenvalue weighted by atomic mass is 35.5. The van der Waals surface area contributed by atoms with Gasteiger partial charge in [0.2, 0.25) is 0 Å². The van der Waals surface area contributed by atoms with Crippen LogP contribution in [-0.2, 0) is 22.4 Å². The quantitative estimate of drug-likeness (QED) is 0.289. The SMILES string of the molecule is COC(=O)CCc1cnc(CC2SC(c3cccc(OC)c3OC)c3cc(Cl)cnc3NC2=S)s1. The van der Waals surface area contributed by atoms with Gasteiger partial charge in [0.05, 0.1) is 53.3 Å². The first-order valence-electron chi connectivity index (χ1n) is 10.8. The first-order chi connectivity index (χ1) is 16.9. The Balaban J connectivity index is 1.67. The third kappa shape index (κ3) is 5.88. The predicted octanol–water partition coefficient (Wildman–Crippen LogP) is 5.50. The number of esters is 1. The number of aryl methyl sites for hydroxylation is 1. The number of rotatable bonds is 8. The highest BCUT2D eigenvalue weighted by Crippen LogP contribution is 2.49. The summed E-state index contributed by atoms with van der Waals surface area (Å²) < 4.78 is 16.0. The number of methoxy groups -OCH3 is 3. The van der Waals surface area contributed by atoms with Crippen molar-refractivity contribution in [2.45, 2.75) is 29.8 Å². The Labute approximate surface area is 222 Å². The molecule has 0 aliphatic carbocycles. The molecule has 35 heavy (non-hydrogen) atoms. The van der Waals surface area contributed by atoms with E-state index in [0.717, 1.165) is 21.0 Å². The minimum Gasteiger partial charge on any atom is -0.493 e. The fourth-order valence-electron chi connectivity index (χ4n) is 3.80. The van der Waals surface area contributed by atoms with Gasteiger partial charge >= 0.3 is 5.97 Å². The van der Waals surface area contributed by atoms with Crippen LogP contribution in [0.5, 0.6) is 11.5 Å². The second-order valence-electron chi connectivity index (χ2n) is 7.67. The molecule has 4 rings (SSSR count). The Bertz CT molecular complexity index is 1240. The lowest BCUT2D eigenvalue weighted by atomic mass is 10.0. The Morgan fingerprint density at radius 2 is 2.00 bits per heavy atom. The van der Waals surface area contributed by atoms with Gasteiger partial charge in [0.15, 0.2) is 11.5 Å². The summed E-state index contributed by atoms with van der Waals surface area (Å²) in [5.41, 5.74) is 1.85. The molecule has 184 valence electrons. The van der Waals surface area contributed by atoms with Crippen molar-refractivity contribution in [3.05, 3.63) is 62.7 Å². The van der Waals surface area contributed by atoms with E-state index in [2.05, 4.69) is 15.3 Å². The maximum Gasteiger partial charge on any atom is 0.305 e. The highest BCUT2D eigenvalue weighted by molar-refractivity contribution is 8.02. The second kappa shape index (κ2) is 11.6. The van der Waals surface area contributed by atoms with E-state index in [1.54, 1.807) is 43.5 Å². The summed E-state index contributed by atoms with van der Waals surface area (Å²) in [7, 11) is 4.64. The lowest BCUT2D eigenvalue weighted by molar-refractivity contribution is -0.140. The number of anilines is 1. The summed E-state index contributed by atoms with van der Waals surface area (Å²) in [6.45, 7) is 0. The molecule has 0 spiro atoms. The van der Waals surface area contributed by atoms with Crippen molar-refractivity contribution in [2.24, 2.45) is 0 Å². The van der Waals surface area contributed by atoms with Gasteiger partial charge in [-0.15, -0.1) is 23.1 Å². The van der Waals surface area contributed by atoms with Gasteiger partial charge in [-0.05, 0) is 18.6 Å². The molecule has 11 heteroatoms. The third-order valence-corrected chi connectivity index (χ3v) is 8.81. The van der Waals surface area contributed by atoms with Crippen molar-refractivity contribution in [1.29, 1.82) is 0 Å². The second-order valence-corrected chi connectivity index (χ2v) is 11.1. The van der Waals surface area contributed by atoms with Crippen molar-refractivity contribution in [2.75, 3.05) is 26.6 Å². The van der Waals surface area contributed by atoms with E-state index in [4.69, 9.17) is 38.0 Å². The molecule has 0 fully saturated rings.